The molecule has 0 atom stereocenters. The topological polar surface area (TPSA) is 71.1 Å². The van der Waals surface area contributed by atoms with E-state index in [1.54, 1.807) is 12.1 Å². The minimum Gasteiger partial charge on any atom is -0.370 e. The van der Waals surface area contributed by atoms with Gasteiger partial charge < -0.3 is 5.32 Å². The molecular weight excluding hydrogens is 286 g/mol. The van der Waals surface area contributed by atoms with Crippen LogP contribution in [0.1, 0.15) is 45.4 Å². The van der Waals surface area contributed by atoms with E-state index in [1.165, 1.54) is 38.3 Å². The molecule has 1 aliphatic carbocycles. The van der Waals surface area contributed by atoms with E-state index in [1.807, 2.05) is 6.92 Å². The Bertz CT molecular complexity index is 522. The molecule has 2 rings (SSSR count). The second-order valence-electron chi connectivity index (χ2n) is 5.60. The van der Waals surface area contributed by atoms with E-state index in [2.05, 4.69) is 15.0 Å². The Hall–Kier alpha value is -1.14. The molecular formula is C15H25N3O2S. The fraction of sp³-hybridized carbons (Fsp3) is 0.667. The van der Waals surface area contributed by atoms with Crippen molar-refractivity contribution in [3.63, 3.8) is 0 Å². The Kier molecular flexibility index (Phi) is 5.99. The normalized spacial score (nSPS) is 16.8. The van der Waals surface area contributed by atoms with Gasteiger partial charge >= 0.3 is 0 Å². The first-order valence-corrected chi connectivity index (χ1v) is 9.29. The molecule has 0 aliphatic heterocycles. The molecule has 1 saturated carbocycles. The van der Waals surface area contributed by atoms with Crippen molar-refractivity contribution in [2.45, 2.75) is 50.3 Å². The lowest BCUT2D eigenvalue weighted by atomic mass is 9.87. The SMILES string of the molecule is CCNc1ccc(S(=O)(=O)NCCC2CCCCC2)cn1. The Balaban J connectivity index is 1.85. The third-order valence-corrected chi connectivity index (χ3v) is 5.42. The van der Waals surface area contributed by atoms with Crippen LogP contribution in [0.15, 0.2) is 23.2 Å². The minimum atomic E-state index is -3.43. The van der Waals surface area contributed by atoms with Crippen LogP contribution in [0.2, 0.25) is 0 Å². The maximum atomic E-state index is 12.2. The van der Waals surface area contributed by atoms with Gasteiger partial charge in [0.05, 0.1) is 0 Å². The molecule has 0 saturated heterocycles. The minimum absolute atomic E-state index is 0.229. The Labute approximate surface area is 127 Å². The van der Waals surface area contributed by atoms with E-state index in [-0.39, 0.29) is 4.90 Å². The molecule has 1 fully saturated rings. The zero-order valence-corrected chi connectivity index (χ0v) is 13.5. The number of nitrogens with zero attached hydrogens (tertiary/aromatic N) is 1. The molecule has 118 valence electrons. The Morgan fingerprint density at radius 2 is 2.00 bits per heavy atom. The van der Waals surface area contributed by atoms with Crippen LogP contribution in [0, 0.1) is 5.92 Å². The average Bonchev–Trinajstić information content (AvgIpc) is 2.49. The van der Waals surface area contributed by atoms with Gasteiger partial charge in [-0.15, -0.1) is 0 Å². The fourth-order valence-corrected chi connectivity index (χ4v) is 3.77. The first-order chi connectivity index (χ1) is 10.1. The largest absolute Gasteiger partial charge is 0.370 e. The van der Waals surface area contributed by atoms with Crippen LogP contribution >= 0.6 is 0 Å². The zero-order chi connectivity index (χ0) is 15.1. The van der Waals surface area contributed by atoms with Gasteiger partial charge in [-0.1, -0.05) is 32.1 Å². The summed E-state index contributed by atoms with van der Waals surface area (Å²) in [7, 11) is -3.43. The van der Waals surface area contributed by atoms with Crippen molar-refractivity contribution in [2.24, 2.45) is 5.92 Å². The van der Waals surface area contributed by atoms with Gasteiger partial charge in [-0.05, 0) is 31.4 Å². The van der Waals surface area contributed by atoms with Crippen LogP contribution in [0.5, 0.6) is 0 Å². The quantitative estimate of drug-likeness (QED) is 0.812. The van der Waals surface area contributed by atoms with E-state index in [4.69, 9.17) is 0 Å². The van der Waals surface area contributed by atoms with E-state index in [0.717, 1.165) is 13.0 Å². The van der Waals surface area contributed by atoms with Gasteiger partial charge in [-0.25, -0.2) is 18.1 Å². The smallest absolute Gasteiger partial charge is 0.242 e. The molecule has 6 heteroatoms. The maximum Gasteiger partial charge on any atom is 0.242 e. The molecule has 0 amide bonds. The predicted molar refractivity (Wildman–Crippen MR) is 84.8 cm³/mol. The highest BCUT2D eigenvalue weighted by atomic mass is 32.2. The van der Waals surface area contributed by atoms with Crippen LogP contribution in [0.25, 0.3) is 0 Å². The van der Waals surface area contributed by atoms with E-state index < -0.39 is 10.0 Å². The van der Waals surface area contributed by atoms with E-state index >= 15 is 0 Å². The standard InChI is InChI=1S/C15H25N3O2S/c1-2-16-15-9-8-14(12-17-15)21(19,20)18-11-10-13-6-4-3-5-7-13/h8-9,12-13,18H,2-7,10-11H2,1H3,(H,16,17). The highest BCUT2D eigenvalue weighted by Crippen LogP contribution is 2.25. The first kappa shape index (κ1) is 16.2. The van der Waals surface area contributed by atoms with Gasteiger partial charge in [0.1, 0.15) is 10.7 Å². The zero-order valence-electron chi connectivity index (χ0n) is 12.6. The van der Waals surface area contributed by atoms with Crippen molar-refractivity contribution in [2.75, 3.05) is 18.4 Å². The molecule has 0 radical (unpaired) electrons. The van der Waals surface area contributed by atoms with Crippen molar-refractivity contribution >= 4 is 15.8 Å². The number of aromatic nitrogens is 1. The van der Waals surface area contributed by atoms with Gasteiger partial charge in [-0.3, -0.25) is 0 Å². The van der Waals surface area contributed by atoms with Crippen LogP contribution in [-0.4, -0.2) is 26.5 Å². The summed E-state index contributed by atoms with van der Waals surface area (Å²) >= 11 is 0. The average molecular weight is 311 g/mol. The third-order valence-electron chi connectivity index (χ3n) is 3.97. The molecule has 0 unspecified atom stereocenters. The van der Waals surface area contributed by atoms with Gasteiger partial charge in [0, 0.05) is 19.3 Å². The van der Waals surface area contributed by atoms with Crippen LogP contribution < -0.4 is 10.0 Å². The predicted octanol–water partition coefficient (Wildman–Crippen LogP) is 2.76. The molecule has 0 spiro atoms. The lowest BCUT2D eigenvalue weighted by Gasteiger charge is -2.21. The number of rotatable bonds is 7. The van der Waals surface area contributed by atoms with Crippen molar-refractivity contribution in [1.29, 1.82) is 0 Å². The summed E-state index contributed by atoms with van der Waals surface area (Å²) in [5.41, 5.74) is 0. The van der Waals surface area contributed by atoms with E-state index in [0.29, 0.717) is 18.3 Å². The summed E-state index contributed by atoms with van der Waals surface area (Å²) in [5.74, 6) is 1.37. The number of hydrogen-bond donors (Lipinski definition) is 2. The third kappa shape index (κ3) is 4.97. The summed E-state index contributed by atoms with van der Waals surface area (Å²) in [4.78, 5) is 4.33. The number of pyridine rings is 1. The molecule has 2 N–H and O–H groups in total. The second kappa shape index (κ2) is 7.75. The molecule has 0 bridgehead atoms. The lowest BCUT2D eigenvalue weighted by molar-refractivity contribution is 0.339. The van der Waals surface area contributed by atoms with E-state index in [9.17, 15) is 8.42 Å². The summed E-state index contributed by atoms with van der Waals surface area (Å²) in [6.07, 6.45) is 8.71. The molecule has 1 aliphatic rings. The highest BCUT2D eigenvalue weighted by molar-refractivity contribution is 7.89. The molecule has 0 aromatic carbocycles. The van der Waals surface area contributed by atoms with Crippen LogP contribution in [0.4, 0.5) is 5.82 Å². The lowest BCUT2D eigenvalue weighted by Crippen LogP contribution is -2.26. The molecule has 21 heavy (non-hydrogen) atoms. The Morgan fingerprint density at radius 3 is 2.62 bits per heavy atom. The maximum absolute atomic E-state index is 12.2. The van der Waals surface area contributed by atoms with Crippen molar-refractivity contribution < 1.29 is 8.42 Å². The van der Waals surface area contributed by atoms with Crippen molar-refractivity contribution in [3.8, 4) is 0 Å². The summed E-state index contributed by atoms with van der Waals surface area (Å²) < 4.78 is 27.0. The van der Waals surface area contributed by atoms with Crippen molar-refractivity contribution in [3.05, 3.63) is 18.3 Å². The first-order valence-electron chi connectivity index (χ1n) is 7.81. The van der Waals surface area contributed by atoms with Gasteiger partial charge in [0.15, 0.2) is 0 Å². The number of nitrogens with one attached hydrogen (secondary N) is 2. The Morgan fingerprint density at radius 1 is 1.24 bits per heavy atom. The molecule has 5 nitrogen and oxygen atoms in total. The highest BCUT2D eigenvalue weighted by Gasteiger charge is 2.17. The van der Waals surface area contributed by atoms with Gasteiger partial charge in [0.2, 0.25) is 10.0 Å². The van der Waals surface area contributed by atoms with Gasteiger partial charge in [-0.2, -0.15) is 0 Å². The second-order valence-corrected chi connectivity index (χ2v) is 7.37. The molecule has 1 heterocycles. The fourth-order valence-electron chi connectivity index (χ4n) is 2.78. The van der Waals surface area contributed by atoms with Crippen molar-refractivity contribution in [1.82, 2.24) is 9.71 Å². The number of hydrogen-bond acceptors (Lipinski definition) is 4. The van der Waals surface area contributed by atoms with Crippen LogP contribution in [-0.2, 0) is 10.0 Å². The summed E-state index contributed by atoms with van der Waals surface area (Å²) in [6.45, 7) is 3.25. The van der Waals surface area contributed by atoms with Gasteiger partial charge in [0.25, 0.3) is 0 Å². The number of anilines is 1. The summed E-state index contributed by atoms with van der Waals surface area (Å²) in [5, 5.41) is 3.05. The molecule has 1 aromatic heterocycles. The monoisotopic (exact) mass is 311 g/mol. The molecule has 1 aromatic rings. The summed E-state index contributed by atoms with van der Waals surface area (Å²) in [6, 6.07) is 3.28. The number of sulfonamides is 1. The van der Waals surface area contributed by atoms with Crippen LogP contribution in [0.3, 0.4) is 0 Å².